The molecule has 5 rings (SSSR count). The third-order valence-electron chi connectivity index (χ3n) is 4.64. The second-order valence-corrected chi connectivity index (χ2v) is 5.98. The first kappa shape index (κ1) is 11.9. The highest BCUT2D eigenvalue weighted by atomic mass is 16.1. The molecule has 22 heavy (non-hydrogen) atoms. The number of hydrogen-bond donors (Lipinski definition) is 0. The van der Waals surface area contributed by atoms with Gasteiger partial charge in [-0.15, -0.1) is 0 Å². The number of rotatable bonds is 0. The molecule has 2 nitrogen and oxygen atoms in total. The number of ketones is 1. The van der Waals surface area contributed by atoms with E-state index >= 15 is 0 Å². The maximum absolute atomic E-state index is 11.8. The fourth-order valence-corrected chi connectivity index (χ4v) is 3.56. The van der Waals surface area contributed by atoms with Crippen molar-refractivity contribution in [3.63, 3.8) is 0 Å². The molecule has 0 radical (unpaired) electrons. The maximum Gasteiger partial charge on any atom is 0.141 e. The van der Waals surface area contributed by atoms with Gasteiger partial charge in [0.15, 0.2) is 0 Å². The van der Waals surface area contributed by atoms with Crippen LogP contribution in [0.3, 0.4) is 0 Å². The Morgan fingerprint density at radius 1 is 1.00 bits per heavy atom. The van der Waals surface area contributed by atoms with Crippen LogP contribution < -0.4 is 10.4 Å². The summed E-state index contributed by atoms with van der Waals surface area (Å²) in [5.74, 6) is 0.303. The largest absolute Gasteiger partial charge is 0.299 e. The molecule has 2 aliphatic carbocycles. The molecule has 0 amide bonds. The summed E-state index contributed by atoms with van der Waals surface area (Å²) >= 11 is 0. The molecule has 2 heteroatoms. The summed E-state index contributed by atoms with van der Waals surface area (Å²) in [6.07, 6.45) is 5.39. The number of hydrogen-bond acceptors (Lipinski definition) is 2. The Morgan fingerprint density at radius 2 is 1.91 bits per heavy atom. The molecule has 1 aromatic heterocycles. The van der Waals surface area contributed by atoms with Crippen molar-refractivity contribution < 1.29 is 4.79 Å². The van der Waals surface area contributed by atoms with Gasteiger partial charge in [-0.3, -0.25) is 4.79 Å². The highest BCUT2D eigenvalue weighted by Crippen LogP contribution is 2.26. The van der Waals surface area contributed by atoms with Crippen LogP contribution in [0.15, 0.2) is 54.1 Å². The molecule has 2 aromatic carbocycles. The third-order valence-corrected chi connectivity index (χ3v) is 4.64. The lowest BCUT2D eigenvalue weighted by atomic mass is 9.94. The van der Waals surface area contributed by atoms with Gasteiger partial charge in [-0.05, 0) is 45.9 Å². The van der Waals surface area contributed by atoms with E-state index in [-0.39, 0.29) is 0 Å². The zero-order valence-corrected chi connectivity index (χ0v) is 12.0. The van der Waals surface area contributed by atoms with Gasteiger partial charge in [0.05, 0.1) is 11.0 Å². The highest BCUT2D eigenvalue weighted by molar-refractivity contribution is 6.02. The molecule has 2 aliphatic rings. The van der Waals surface area contributed by atoms with Crippen molar-refractivity contribution in [1.29, 1.82) is 0 Å². The molecule has 1 heterocycles. The van der Waals surface area contributed by atoms with E-state index in [2.05, 4.69) is 36.4 Å². The van der Waals surface area contributed by atoms with Crippen molar-refractivity contribution >= 4 is 39.2 Å². The number of para-hydroxylation sites is 1. The Labute approximate surface area is 127 Å². The lowest BCUT2D eigenvalue weighted by Gasteiger charge is -2.09. The predicted molar refractivity (Wildman–Crippen MR) is 88.7 cm³/mol. The van der Waals surface area contributed by atoms with E-state index in [1.165, 1.54) is 27.0 Å². The quantitative estimate of drug-likeness (QED) is 0.594. The molecule has 0 unspecified atom stereocenters. The molecule has 0 saturated carbocycles. The second-order valence-electron chi connectivity index (χ2n) is 5.98. The molecule has 0 saturated heterocycles. The van der Waals surface area contributed by atoms with Gasteiger partial charge in [-0.1, -0.05) is 30.3 Å². The van der Waals surface area contributed by atoms with Gasteiger partial charge >= 0.3 is 0 Å². The fraction of sp³-hybridized carbons (Fsp3) is 0.100. The Bertz CT molecular complexity index is 1140. The first-order valence-electron chi connectivity index (χ1n) is 7.55. The smallest absolute Gasteiger partial charge is 0.141 e. The van der Waals surface area contributed by atoms with Crippen molar-refractivity contribution in [1.82, 2.24) is 4.98 Å². The summed E-state index contributed by atoms with van der Waals surface area (Å²) in [6, 6.07) is 14.6. The van der Waals surface area contributed by atoms with Crippen LogP contribution in [0, 0.1) is 0 Å². The van der Waals surface area contributed by atoms with Crippen LogP contribution in [0.5, 0.6) is 0 Å². The van der Waals surface area contributed by atoms with Gasteiger partial charge in [0, 0.05) is 23.6 Å². The van der Waals surface area contributed by atoms with E-state index in [0.717, 1.165) is 16.4 Å². The molecular formula is C20H13NO. The molecule has 0 fully saturated rings. The SMILES string of the molecule is O=C1CC=C2C=c3c(ccc4nc5ccccc5cc34)=C2C1. The van der Waals surface area contributed by atoms with Crippen molar-refractivity contribution in [3.8, 4) is 0 Å². The number of Topliss-reactive ketones (excluding diaryl/α,β-unsaturated/α-hetero) is 1. The summed E-state index contributed by atoms with van der Waals surface area (Å²) in [7, 11) is 0. The average Bonchev–Trinajstić information content (AvgIpc) is 2.91. The van der Waals surface area contributed by atoms with E-state index in [0.29, 0.717) is 18.6 Å². The summed E-state index contributed by atoms with van der Waals surface area (Å²) in [4.78, 5) is 16.5. The summed E-state index contributed by atoms with van der Waals surface area (Å²) < 4.78 is 0. The number of carbonyl (C=O) groups excluding carboxylic acids is 1. The van der Waals surface area contributed by atoms with E-state index < -0.39 is 0 Å². The fourth-order valence-electron chi connectivity index (χ4n) is 3.56. The minimum absolute atomic E-state index is 0.303. The first-order valence-corrected chi connectivity index (χ1v) is 7.55. The van der Waals surface area contributed by atoms with Crippen LogP contribution in [0.1, 0.15) is 12.8 Å². The van der Waals surface area contributed by atoms with Crippen molar-refractivity contribution in [2.45, 2.75) is 12.8 Å². The van der Waals surface area contributed by atoms with Gasteiger partial charge in [-0.2, -0.15) is 0 Å². The number of allylic oxidation sites excluding steroid dienone is 2. The predicted octanol–water partition coefficient (Wildman–Crippen LogP) is 2.62. The summed E-state index contributed by atoms with van der Waals surface area (Å²) in [5.41, 5.74) is 4.43. The van der Waals surface area contributed by atoms with Crippen LogP contribution in [-0.4, -0.2) is 10.8 Å². The molecule has 0 atom stereocenters. The lowest BCUT2D eigenvalue weighted by Crippen LogP contribution is -2.24. The molecule has 104 valence electrons. The number of carbonyl (C=O) groups is 1. The maximum atomic E-state index is 11.8. The molecule has 3 aromatic rings. The van der Waals surface area contributed by atoms with Crippen LogP contribution in [0.4, 0.5) is 0 Å². The minimum Gasteiger partial charge on any atom is -0.299 e. The summed E-state index contributed by atoms with van der Waals surface area (Å²) in [6.45, 7) is 0. The van der Waals surface area contributed by atoms with Gasteiger partial charge in [-0.25, -0.2) is 4.98 Å². The van der Waals surface area contributed by atoms with Crippen molar-refractivity contribution in [3.05, 3.63) is 64.6 Å². The van der Waals surface area contributed by atoms with E-state index in [9.17, 15) is 4.79 Å². The zero-order chi connectivity index (χ0) is 14.7. The molecule has 0 bridgehead atoms. The van der Waals surface area contributed by atoms with E-state index in [1.807, 2.05) is 18.2 Å². The van der Waals surface area contributed by atoms with Crippen LogP contribution in [0.2, 0.25) is 0 Å². The third kappa shape index (κ3) is 1.55. The Kier molecular flexibility index (Phi) is 2.23. The minimum atomic E-state index is 0.303. The van der Waals surface area contributed by atoms with Crippen molar-refractivity contribution in [2.75, 3.05) is 0 Å². The number of fused-ring (bicyclic) bond motifs is 5. The van der Waals surface area contributed by atoms with Gasteiger partial charge < -0.3 is 0 Å². The van der Waals surface area contributed by atoms with Gasteiger partial charge in [0.25, 0.3) is 0 Å². The van der Waals surface area contributed by atoms with Gasteiger partial charge in [0.2, 0.25) is 0 Å². The number of benzene rings is 2. The number of aromatic nitrogens is 1. The zero-order valence-electron chi connectivity index (χ0n) is 12.0. The van der Waals surface area contributed by atoms with Crippen LogP contribution >= 0.6 is 0 Å². The Balaban J connectivity index is 1.96. The first-order chi connectivity index (χ1) is 10.8. The molecular weight excluding hydrogens is 270 g/mol. The Morgan fingerprint density at radius 3 is 2.86 bits per heavy atom. The average molecular weight is 283 g/mol. The van der Waals surface area contributed by atoms with Crippen LogP contribution in [0.25, 0.3) is 33.5 Å². The topological polar surface area (TPSA) is 30.0 Å². The van der Waals surface area contributed by atoms with E-state index in [4.69, 9.17) is 4.98 Å². The monoisotopic (exact) mass is 283 g/mol. The lowest BCUT2D eigenvalue weighted by molar-refractivity contribution is -0.117. The number of nitrogens with zero attached hydrogens (tertiary/aromatic N) is 1. The molecule has 0 spiro atoms. The standard InChI is InChI=1S/C20H13NO/c22-14-6-5-12-9-17-15(16(12)11-14)7-8-20-18(17)10-13-3-1-2-4-19(13)21-20/h1-5,7-10H,6,11H2. The van der Waals surface area contributed by atoms with E-state index in [1.54, 1.807) is 0 Å². The Hall–Kier alpha value is -2.74. The molecule has 0 N–H and O–H groups in total. The molecule has 0 aliphatic heterocycles. The highest BCUT2D eigenvalue weighted by Gasteiger charge is 2.19. The van der Waals surface area contributed by atoms with Crippen LogP contribution in [-0.2, 0) is 4.79 Å². The number of pyridine rings is 1. The normalized spacial score (nSPS) is 16.5. The van der Waals surface area contributed by atoms with Crippen molar-refractivity contribution in [2.24, 2.45) is 0 Å². The second kappa shape index (κ2) is 4.14. The summed E-state index contributed by atoms with van der Waals surface area (Å²) in [5, 5.41) is 4.74. The van der Waals surface area contributed by atoms with Gasteiger partial charge in [0.1, 0.15) is 5.78 Å².